The van der Waals surface area contributed by atoms with Gasteiger partial charge in [-0.25, -0.2) is 4.90 Å². The number of hydrogen-bond acceptors (Lipinski definition) is 4. The Morgan fingerprint density at radius 2 is 1.92 bits per heavy atom. The van der Waals surface area contributed by atoms with Crippen LogP contribution in [0, 0.1) is 17.0 Å². The number of non-ortho nitro benzene ring substituents is 1. The van der Waals surface area contributed by atoms with Crippen LogP contribution in [0.15, 0.2) is 42.5 Å². The molecular weight excluding hydrogens is 344 g/mol. The Hall–Kier alpha value is -2.99. The normalized spacial score (nSPS) is 15.2. The molecule has 126 valence electrons. The van der Waals surface area contributed by atoms with E-state index in [1.807, 2.05) is 13.0 Å². The van der Waals surface area contributed by atoms with Gasteiger partial charge in [0.15, 0.2) is 0 Å². The molecule has 0 bridgehead atoms. The molecular formula is C18H13ClN2O4. The van der Waals surface area contributed by atoms with Crippen LogP contribution in [0.3, 0.4) is 0 Å². The van der Waals surface area contributed by atoms with Gasteiger partial charge in [-0.3, -0.25) is 19.7 Å². The molecule has 7 heteroatoms. The molecule has 2 aromatic rings. The molecule has 0 fully saturated rings. The summed E-state index contributed by atoms with van der Waals surface area (Å²) < 4.78 is 0. The molecule has 0 radical (unpaired) electrons. The SMILES string of the molecule is CC(=O)N1C(=O)/C(=C(/Cl)c2cccc(C)c2)c2cc([N+](=O)[O-])ccc21. The largest absolute Gasteiger partial charge is 0.274 e. The van der Waals surface area contributed by atoms with Gasteiger partial charge in [-0.2, -0.15) is 0 Å². The predicted molar refractivity (Wildman–Crippen MR) is 95.1 cm³/mol. The minimum atomic E-state index is -0.588. The summed E-state index contributed by atoms with van der Waals surface area (Å²) in [5.74, 6) is -1.07. The van der Waals surface area contributed by atoms with Crippen LogP contribution in [-0.4, -0.2) is 16.7 Å². The summed E-state index contributed by atoms with van der Waals surface area (Å²) in [6.07, 6.45) is 0. The fraction of sp³-hybridized carbons (Fsp3) is 0.111. The maximum absolute atomic E-state index is 12.8. The second-order valence-electron chi connectivity index (χ2n) is 5.68. The van der Waals surface area contributed by atoms with Gasteiger partial charge in [0.1, 0.15) is 0 Å². The lowest BCUT2D eigenvalue weighted by molar-refractivity contribution is -0.384. The molecule has 6 nitrogen and oxygen atoms in total. The topological polar surface area (TPSA) is 80.5 Å². The number of amides is 2. The van der Waals surface area contributed by atoms with Crippen LogP contribution >= 0.6 is 11.6 Å². The quantitative estimate of drug-likeness (QED) is 0.464. The smallest absolute Gasteiger partial charge is 0.270 e. The van der Waals surface area contributed by atoms with Gasteiger partial charge in [-0.15, -0.1) is 0 Å². The van der Waals surface area contributed by atoms with Crippen molar-refractivity contribution >= 4 is 45.4 Å². The molecule has 1 aliphatic heterocycles. The molecule has 0 atom stereocenters. The number of halogens is 1. The fourth-order valence-corrected chi connectivity index (χ4v) is 3.12. The Labute approximate surface area is 148 Å². The highest BCUT2D eigenvalue weighted by Gasteiger charge is 2.38. The first kappa shape index (κ1) is 16.9. The number of nitro benzene ring substituents is 1. The summed E-state index contributed by atoms with van der Waals surface area (Å²) >= 11 is 6.46. The highest BCUT2D eigenvalue weighted by atomic mass is 35.5. The Bertz CT molecular complexity index is 965. The molecule has 1 aliphatic rings. The number of hydrogen-bond donors (Lipinski definition) is 0. The zero-order valence-corrected chi connectivity index (χ0v) is 14.2. The van der Waals surface area contributed by atoms with Crippen molar-refractivity contribution < 1.29 is 14.5 Å². The van der Waals surface area contributed by atoms with Crippen LogP contribution in [0.2, 0.25) is 0 Å². The van der Waals surface area contributed by atoms with Crippen molar-refractivity contribution in [3.8, 4) is 0 Å². The minimum absolute atomic E-state index is 0.0844. The van der Waals surface area contributed by atoms with Crippen molar-refractivity contribution in [2.75, 3.05) is 4.90 Å². The summed E-state index contributed by atoms with van der Waals surface area (Å²) in [7, 11) is 0. The third-order valence-electron chi connectivity index (χ3n) is 3.92. The molecule has 1 heterocycles. The molecule has 0 N–H and O–H groups in total. The average Bonchev–Trinajstić information content (AvgIpc) is 2.85. The van der Waals surface area contributed by atoms with Crippen molar-refractivity contribution in [3.63, 3.8) is 0 Å². The first-order valence-electron chi connectivity index (χ1n) is 7.42. The number of nitro groups is 1. The molecule has 2 aromatic carbocycles. The van der Waals surface area contributed by atoms with E-state index in [-0.39, 0.29) is 21.9 Å². The highest BCUT2D eigenvalue weighted by molar-refractivity contribution is 6.60. The third kappa shape index (κ3) is 2.81. The van der Waals surface area contributed by atoms with Crippen LogP contribution in [0.25, 0.3) is 10.6 Å². The maximum atomic E-state index is 12.8. The van der Waals surface area contributed by atoms with E-state index in [1.54, 1.807) is 18.2 Å². The van der Waals surface area contributed by atoms with Crippen LogP contribution < -0.4 is 4.90 Å². The molecule has 25 heavy (non-hydrogen) atoms. The lowest BCUT2D eigenvalue weighted by atomic mass is 10.0. The van der Waals surface area contributed by atoms with E-state index in [4.69, 9.17) is 11.6 Å². The standard InChI is InChI=1S/C18H13ClN2O4/c1-10-4-3-5-12(8-10)17(19)16-14-9-13(21(24)25)6-7-15(14)20(11(2)22)18(16)23/h3-9H,1-2H3/b17-16+. The molecule has 0 spiro atoms. The van der Waals surface area contributed by atoms with E-state index in [0.717, 1.165) is 10.5 Å². The monoisotopic (exact) mass is 356 g/mol. The minimum Gasteiger partial charge on any atom is -0.274 e. The molecule has 0 saturated heterocycles. The summed E-state index contributed by atoms with van der Waals surface area (Å²) in [6, 6.07) is 11.1. The first-order chi connectivity index (χ1) is 11.8. The van der Waals surface area contributed by atoms with E-state index in [9.17, 15) is 19.7 Å². The Morgan fingerprint density at radius 3 is 2.52 bits per heavy atom. The van der Waals surface area contributed by atoms with Crippen LogP contribution in [0.1, 0.15) is 23.6 Å². The van der Waals surface area contributed by atoms with Gasteiger partial charge in [-0.05, 0) is 18.6 Å². The maximum Gasteiger partial charge on any atom is 0.270 e. The summed E-state index contributed by atoms with van der Waals surface area (Å²) in [5.41, 5.74) is 2.03. The number of benzene rings is 2. The zero-order chi connectivity index (χ0) is 18.3. The number of aryl methyl sites for hydroxylation is 1. The molecule has 0 saturated carbocycles. The molecule has 3 rings (SSSR count). The third-order valence-corrected chi connectivity index (χ3v) is 4.33. The van der Waals surface area contributed by atoms with Crippen LogP contribution in [-0.2, 0) is 9.59 Å². The number of carbonyl (C=O) groups excluding carboxylic acids is 2. The van der Waals surface area contributed by atoms with E-state index in [0.29, 0.717) is 11.3 Å². The predicted octanol–water partition coefficient (Wildman–Crippen LogP) is 3.90. The highest BCUT2D eigenvalue weighted by Crippen LogP contribution is 2.43. The Balaban J connectivity index is 2.29. The van der Waals surface area contributed by atoms with Crippen LogP contribution in [0.5, 0.6) is 0 Å². The fourth-order valence-electron chi connectivity index (χ4n) is 2.82. The number of rotatable bonds is 2. The van der Waals surface area contributed by atoms with Gasteiger partial charge in [0, 0.05) is 24.6 Å². The van der Waals surface area contributed by atoms with Crippen molar-refractivity contribution in [3.05, 3.63) is 69.3 Å². The van der Waals surface area contributed by atoms with Crippen molar-refractivity contribution in [2.24, 2.45) is 0 Å². The lowest BCUT2D eigenvalue weighted by Gasteiger charge is -2.11. The number of fused-ring (bicyclic) bond motifs is 1. The first-order valence-corrected chi connectivity index (χ1v) is 7.79. The number of imide groups is 1. The van der Waals surface area contributed by atoms with E-state index >= 15 is 0 Å². The van der Waals surface area contributed by atoms with Gasteiger partial charge >= 0.3 is 0 Å². The summed E-state index contributed by atoms with van der Waals surface area (Å²) in [4.78, 5) is 36.2. The summed E-state index contributed by atoms with van der Waals surface area (Å²) in [5, 5.41) is 11.2. The average molecular weight is 357 g/mol. The van der Waals surface area contributed by atoms with Crippen LogP contribution in [0.4, 0.5) is 11.4 Å². The van der Waals surface area contributed by atoms with E-state index in [1.165, 1.54) is 25.1 Å². The molecule has 0 aliphatic carbocycles. The Kier molecular flexibility index (Phi) is 4.14. The van der Waals surface area contributed by atoms with Gasteiger partial charge in [-0.1, -0.05) is 41.4 Å². The van der Waals surface area contributed by atoms with E-state index in [2.05, 4.69) is 0 Å². The van der Waals surface area contributed by atoms with E-state index < -0.39 is 16.7 Å². The zero-order valence-electron chi connectivity index (χ0n) is 13.4. The molecule has 2 amide bonds. The number of anilines is 1. The second kappa shape index (κ2) is 6.14. The van der Waals surface area contributed by atoms with Gasteiger partial charge in [0.25, 0.3) is 11.6 Å². The summed E-state index contributed by atoms with van der Waals surface area (Å²) in [6.45, 7) is 3.14. The molecule has 0 aromatic heterocycles. The van der Waals surface area contributed by atoms with Gasteiger partial charge in [0.2, 0.25) is 5.91 Å². The van der Waals surface area contributed by atoms with Crippen molar-refractivity contribution in [1.82, 2.24) is 0 Å². The molecule has 0 unspecified atom stereocenters. The van der Waals surface area contributed by atoms with Gasteiger partial charge < -0.3 is 0 Å². The Morgan fingerprint density at radius 1 is 1.20 bits per heavy atom. The lowest BCUT2D eigenvalue weighted by Crippen LogP contribution is -2.31. The number of carbonyl (C=O) groups is 2. The van der Waals surface area contributed by atoms with Gasteiger partial charge in [0.05, 0.1) is 21.2 Å². The number of nitrogens with zero attached hydrogens (tertiary/aromatic N) is 2. The second-order valence-corrected chi connectivity index (χ2v) is 6.05. The van der Waals surface area contributed by atoms with Crippen molar-refractivity contribution in [1.29, 1.82) is 0 Å². The van der Waals surface area contributed by atoms with Crippen molar-refractivity contribution in [2.45, 2.75) is 13.8 Å².